The highest BCUT2D eigenvalue weighted by Crippen LogP contribution is 2.08. The van der Waals surface area contributed by atoms with Gasteiger partial charge < -0.3 is 20.1 Å². The average molecular weight is 226 g/mol. The molecular weight excluding hydrogens is 208 g/mol. The summed E-state index contributed by atoms with van der Waals surface area (Å²) in [5, 5.41) is 6.28. The molecule has 16 heavy (non-hydrogen) atoms. The first-order valence-corrected chi connectivity index (χ1v) is 5.82. The molecule has 5 nitrogen and oxygen atoms in total. The standard InChI is InChI=1S/C11H18N2O3/c14-11(10-8-15-6-7-16-10)13-9-2-1-4-12-5-3-9/h8-9,12H,1-7H2,(H,13,14). The first-order chi connectivity index (χ1) is 7.86. The second-order valence-corrected chi connectivity index (χ2v) is 4.05. The van der Waals surface area contributed by atoms with Crippen LogP contribution < -0.4 is 10.6 Å². The van der Waals surface area contributed by atoms with Crippen LogP contribution in [-0.2, 0) is 14.3 Å². The molecule has 90 valence electrons. The third kappa shape index (κ3) is 3.13. The largest absolute Gasteiger partial charge is 0.494 e. The van der Waals surface area contributed by atoms with E-state index in [1.807, 2.05) is 0 Å². The van der Waals surface area contributed by atoms with Gasteiger partial charge in [-0.3, -0.25) is 4.79 Å². The molecule has 1 saturated heterocycles. The van der Waals surface area contributed by atoms with Crippen LogP contribution in [0.5, 0.6) is 0 Å². The summed E-state index contributed by atoms with van der Waals surface area (Å²) in [5.74, 6) is 0.134. The smallest absolute Gasteiger partial charge is 0.289 e. The molecule has 0 radical (unpaired) electrons. The van der Waals surface area contributed by atoms with Gasteiger partial charge in [0.1, 0.15) is 19.5 Å². The molecule has 1 atom stereocenters. The third-order valence-electron chi connectivity index (χ3n) is 2.78. The second-order valence-electron chi connectivity index (χ2n) is 4.05. The summed E-state index contributed by atoms with van der Waals surface area (Å²) < 4.78 is 10.3. The van der Waals surface area contributed by atoms with Crippen LogP contribution >= 0.6 is 0 Å². The molecule has 2 aliphatic heterocycles. The number of ether oxygens (including phenoxy) is 2. The molecule has 0 aromatic heterocycles. The number of nitrogens with one attached hydrogen (secondary N) is 2. The van der Waals surface area contributed by atoms with Gasteiger partial charge in [0.05, 0.1) is 0 Å². The van der Waals surface area contributed by atoms with Crippen molar-refractivity contribution in [2.45, 2.75) is 25.3 Å². The van der Waals surface area contributed by atoms with E-state index in [0.29, 0.717) is 19.0 Å². The molecule has 2 heterocycles. The van der Waals surface area contributed by atoms with Crippen molar-refractivity contribution in [3.8, 4) is 0 Å². The molecule has 1 unspecified atom stereocenters. The van der Waals surface area contributed by atoms with E-state index in [2.05, 4.69) is 10.6 Å². The molecule has 2 aliphatic rings. The minimum Gasteiger partial charge on any atom is -0.494 e. The quantitative estimate of drug-likeness (QED) is 0.703. The molecule has 5 heteroatoms. The van der Waals surface area contributed by atoms with Gasteiger partial charge in [0.2, 0.25) is 5.76 Å². The normalized spacial score (nSPS) is 25.8. The lowest BCUT2D eigenvalue weighted by molar-refractivity contribution is -0.123. The highest BCUT2D eigenvalue weighted by Gasteiger charge is 2.19. The average Bonchev–Trinajstić information content (AvgIpc) is 2.59. The molecule has 0 aromatic rings. The van der Waals surface area contributed by atoms with Crippen LogP contribution in [0.3, 0.4) is 0 Å². The summed E-state index contributed by atoms with van der Waals surface area (Å²) in [6.07, 6.45) is 4.49. The van der Waals surface area contributed by atoms with E-state index in [-0.39, 0.29) is 11.9 Å². The molecule has 2 rings (SSSR count). The predicted molar refractivity (Wildman–Crippen MR) is 58.6 cm³/mol. The Morgan fingerprint density at radius 3 is 3.12 bits per heavy atom. The SMILES string of the molecule is O=C(NC1CCCNCC1)C1=COCCO1. The fourth-order valence-electron chi connectivity index (χ4n) is 1.91. The van der Waals surface area contributed by atoms with Crippen molar-refractivity contribution in [2.75, 3.05) is 26.3 Å². The summed E-state index contributed by atoms with van der Waals surface area (Å²) in [7, 11) is 0. The monoisotopic (exact) mass is 226 g/mol. The molecule has 1 amide bonds. The Hall–Kier alpha value is -1.23. The number of carbonyl (C=O) groups excluding carboxylic acids is 1. The summed E-state index contributed by atoms with van der Waals surface area (Å²) >= 11 is 0. The van der Waals surface area contributed by atoms with E-state index in [1.54, 1.807) is 0 Å². The number of rotatable bonds is 2. The lowest BCUT2D eigenvalue weighted by Gasteiger charge is -2.19. The molecule has 2 N–H and O–H groups in total. The fraction of sp³-hybridized carbons (Fsp3) is 0.727. The highest BCUT2D eigenvalue weighted by atomic mass is 16.6. The van der Waals surface area contributed by atoms with Crippen LogP contribution in [-0.4, -0.2) is 38.3 Å². The van der Waals surface area contributed by atoms with Gasteiger partial charge in [-0.15, -0.1) is 0 Å². The van der Waals surface area contributed by atoms with Crippen molar-refractivity contribution in [3.05, 3.63) is 12.0 Å². The Bertz CT molecular complexity index is 270. The maximum absolute atomic E-state index is 11.8. The Morgan fingerprint density at radius 1 is 1.38 bits per heavy atom. The number of carbonyl (C=O) groups is 1. The molecule has 0 saturated carbocycles. The number of hydrogen-bond donors (Lipinski definition) is 2. The van der Waals surface area contributed by atoms with Gasteiger partial charge in [-0.05, 0) is 32.4 Å². The van der Waals surface area contributed by atoms with E-state index >= 15 is 0 Å². The van der Waals surface area contributed by atoms with Crippen LogP contribution in [0.4, 0.5) is 0 Å². The fourth-order valence-corrected chi connectivity index (χ4v) is 1.91. The van der Waals surface area contributed by atoms with Gasteiger partial charge >= 0.3 is 0 Å². The molecule has 1 fully saturated rings. The van der Waals surface area contributed by atoms with E-state index in [4.69, 9.17) is 9.47 Å². The van der Waals surface area contributed by atoms with Crippen molar-refractivity contribution in [1.82, 2.24) is 10.6 Å². The van der Waals surface area contributed by atoms with Gasteiger partial charge in [0, 0.05) is 6.04 Å². The van der Waals surface area contributed by atoms with Crippen LogP contribution in [0.15, 0.2) is 12.0 Å². The molecule has 0 aliphatic carbocycles. The lowest BCUT2D eigenvalue weighted by Crippen LogP contribution is -2.37. The zero-order valence-corrected chi connectivity index (χ0v) is 9.33. The predicted octanol–water partition coefficient (Wildman–Crippen LogP) is 0.133. The van der Waals surface area contributed by atoms with Crippen LogP contribution in [0, 0.1) is 0 Å². The van der Waals surface area contributed by atoms with Crippen molar-refractivity contribution in [3.63, 3.8) is 0 Å². The first kappa shape index (κ1) is 11.3. The minimum atomic E-state index is -0.161. The highest BCUT2D eigenvalue weighted by molar-refractivity contribution is 5.91. The zero-order chi connectivity index (χ0) is 11.2. The summed E-state index contributed by atoms with van der Waals surface area (Å²) in [6, 6.07) is 0.244. The molecular formula is C11H18N2O3. The van der Waals surface area contributed by atoms with Crippen molar-refractivity contribution in [1.29, 1.82) is 0 Å². The van der Waals surface area contributed by atoms with E-state index in [0.717, 1.165) is 32.4 Å². The van der Waals surface area contributed by atoms with Gasteiger partial charge in [0.15, 0.2) is 0 Å². The Kier molecular flexibility index (Phi) is 4.04. The van der Waals surface area contributed by atoms with Gasteiger partial charge in [0.25, 0.3) is 5.91 Å². The molecule has 0 spiro atoms. The molecule has 0 bridgehead atoms. The summed E-state index contributed by atoms with van der Waals surface area (Å²) in [5.41, 5.74) is 0. The van der Waals surface area contributed by atoms with E-state index in [1.165, 1.54) is 6.26 Å². The second kappa shape index (κ2) is 5.75. The van der Waals surface area contributed by atoms with E-state index in [9.17, 15) is 4.79 Å². The van der Waals surface area contributed by atoms with Crippen molar-refractivity contribution >= 4 is 5.91 Å². The maximum Gasteiger partial charge on any atom is 0.289 e. The zero-order valence-electron chi connectivity index (χ0n) is 9.33. The van der Waals surface area contributed by atoms with Gasteiger partial charge in [-0.2, -0.15) is 0 Å². The van der Waals surface area contributed by atoms with Crippen molar-refractivity contribution < 1.29 is 14.3 Å². The Morgan fingerprint density at radius 2 is 2.31 bits per heavy atom. The lowest BCUT2D eigenvalue weighted by atomic mass is 10.1. The van der Waals surface area contributed by atoms with E-state index < -0.39 is 0 Å². The van der Waals surface area contributed by atoms with Gasteiger partial charge in [-0.1, -0.05) is 0 Å². The Labute approximate surface area is 95.2 Å². The third-order valence-corrected chi connectivity index (χ3v) is 2.78. The number of hydrogen-bond acceptors (Lipinski definition) is 4. The van der Waals surface area contributed by atoms with Crippen LogP contribution in [0.1, 0.15) is 19.3 Å². The first-order valence-electron chi connectivity index (χ1n) is 5.82. The Balaban J connectivity index is 1.83. The molecule has 0 aromatic carbocycles. The summed E-state index contributed by atoms with van der Waals surface area (Å²) in [4.78, 5) is 11.8. The van der Waals surface area contributed by atoms with Crippen LogP contribution in [0.25, 0.3) is 0 Å². The maximum atomic E-state index is 11.8. The summed E-state index contributed by atoms with van der Waals surface area (Å²) in [6.45, 7) is 2.96. The number of amides is 1. The topological polar surface area (TPSA) is 59.6 Å². The van der Waals surface area contributed by atoms with Gasteiger partial charge in [-0.25, -0.2) is 0 Å². The van der Waals surface area contributed by atoms with Crippen molar-refractivity contribution in [2.24, 2.45) is 0 Å². The van der Waals surface area contributed by atoms with Crippen LogP contribution in [0.2, 0.25) is 0 Å². The minimum absolute atomic E-state index is 0.161.